The number of anilines is 1. The number of nitrogens with zero attached hydrogens (tertiary/aromatic N) is 1. The van der Waals surface area contributed by atoms with Crippen molar-refractivity contribution in [2.24, 2.45) is 11.7 Å². The van der Waals surface area contributed by atoms with Crippen molar-refractivity contribution >= 4 is 21.6 Å². The van der Waals surface area contributed by atoms with Crippen molar-refractivity contribution in [2.75, 3.05) is 18.0 Å². The summed E-state index contributed by atoms with van der Waals surface area (Å²) in [7, 11) is 0. The lowest BCUT2D eigenvalue weighted by molar-refractivity contribution is 0.435. The van der Waals surface area contributed by atoms with Crippen LogP contribution in [0.3, 0.4) is 0 Å². The van der Waals surface area contributed by atoms with Crippen molar-refractivity contribution in [3.05, 3.63) is 28.2 Å². The van der Waals surface area contributed by atoms with Gasteiger partial charge in [-0.05, 0) is 42.9 Å². The van der Waals surface area contributed by atoms with Crippen LogP contribution in [-0.4, -0.2) is 13.1 Å². The molecule has 1 aromatic rings. The first-order valence-electron chi connectivity index (χ1n) is 7.48. The molecule has 3 heteroatoms. The molecule has 1 fully saturated rings. The lowest BCUT2D eigenvalue weighted by atomic mass is 9.96. The molecule has 1 saturated heterocycles. The predicted octanol–water partition coefficient (Wildman–Crippen LogP) is 4.31. The zero-order valence-corrected chi connectivity index (χ0v) is 13.5. The van der Waals surface area contributed by atoms with E-state index in [1.54, 1.807) is 0 Å². The minimum Gasteiger partial charge on any atom is -0.371 e. The van der Waals surface area contributed by atoms with Gasteiger partial charge in [-0.25, -0.2) is 0 Å². The normalized spacial score (nSPS) is 20.4. The highest BCUT2D eigenvalue weighted by Gasteiger charge is 2.17. The van der Waals surface area contributed by atoms with Gasteiger partial charge in [0, 0.05) is 29.8 Å². The molecule has 0 amide bonds. The lowest BCUT2D eigenvalue weighted by Crippen LogP contribution is -2.24. The van der Waals surface area contributed by atoms with Gasteiger partial charge in [-0.15, -0.1) is 0 Å². The van der Waals surface area contributed by atoms with Gasteiger partial charge in [0.15, 0.2) is 0 Å². The van der Waals surface area contributed by atoms with Gasteiger partial charge in [0.1, 0.15) is 0 Å². The molecular weight excluding hydrogens is 300 g/mol. The maximum Gasteiger partial charge on any atom is 0.0377 e. The molecule has 1 aliphatic rings. The zero-order chi connectivity index (χ0) is 13.7. The molecule has 2 rings (SSSR count). The molecule has 1 heterocycles. The van der Waals surface area contributed by atoms with E-state index < -0.39 is 0 Å². The molecule has 0 bridgehead atoms. The van der Waals surface area contributed by atoms with Crippen molar-refractivity contribution in [3.63, 3.8) is 0 Å². The van der Waals surface area contributed by atoms with E-state index in [1.165, 1.54) is 56.4 Å². The van der Waals surface area contributed by atoms with Gasteiger partial charge in [0.05, 0.1) is 0 Å². The van der Waals surface area contributed by atoms with Gasteiger partial charge in [-0.2, -0.15) is 0 Å². The molecule has 0 aliphatic carbocycles. The van der Waals surface area contributed by atoms with E-state index in [2.05, 4.69) is 46.0 Å². The number of hydrogen-bond acceptors (Lipinski definition) is 2. The van der Waals surface area contributed by atoms with Crippen LogP contribution < -0.4 is 10.6 Å². The Morgan fingerprint density at radius 3 is 2.84 bits per heavy atom. The molecule has 2 nitrogen and oxygen atoms in total. The number of rotatable bonds is 4. The van der Waals surface area contributed by atoms with Gasteiger partial charge < -0.3 is 10.6 Å². The van der Waals surface area contributed by atoms with Crippen molar-refractivity contribution in [1.82, 2.24) is 0 Å². The maximum absolute atomic E-state index is 5.71. The smallest absolute Gasteiger partial charge is 0.0377 e. The third-order valence-electron chi connectivity index (χ3n) is 4.17. The summed E-state index contributed by atoms with van der Waals surface area (Å²) in [5.74, 6) is 0.932. The molecule has 0 radical (unpaired) electrons. The van der Waals surface area contributed by atoms with Crippen LogP contribution in [0.15, 0.2) is 22.7 Å². The average molecular weight is 325 g/mol. The molecule has 1 atom stereocenters. The van der Waals surface area contributed by atoms with E-state index in [4.69, 9.17) is 5.73 Å². The SMILES string of the molecule is CCCC1CCCN(c2ccc(CN)c(Br)c2)CC1. The quantitative estimate of drug-likeness (QED) is 0.893. The predicted molar refractivity (Wildman–Crippen MR) is 86.5 cm³/mol. The first-order chi connectivity index (χ1) is 9.24. The van der Waals surface area contributed by atoms with E-state index in [0.29, 0.717) is 6.54 Å². The first-order valence-corrected chi connectivity index (χ1v) is 8.27. The summed E-state index contributed by atoms with van der Waals surface area (Å²) in [6, 6.07) is 6.59. The van der Waals surface area contributed by atoms with Gasteiger partial charge in [0.25, 0.3) is 0 Å². The Bertz CT molecular complexity index is 406. The summed E-state index contributed by atoms with van der Waals surface area (Å²) in [6.45, 7) is 5.28. The van der Waals surface area contributed by atoms with Gasteiger partial charge >= 0.3 is 0 Å². The van der Waals surface area contributed by atoms with Crippen LogP contribution in [0.4, 0.5) is 5.69 Å². The fraction of sp³-hybridized carbons (Fsp3) is 0.625. The molecule has 1 unspecified atom stereocenters. The molecule has 2 N–H and O–H groups in total. The van der Waals surface area contributed by atoms with Crippen LogP contribution in [0.1, 0.15) is 44.6 Å². The number of benzene rings is 1. The van der Waals surface area contributed by atoms with E-state index in [9.17, 15) is 0 Å². The summed E-state index contributed by atoms with van der Waals surface area (Å²) < 4.78 is 1.14. The monoisotopic (exact) mass is 324 g/mol. The van der Waals surface area contributed by atoms with Crippen LogP contribution in [0.5, 0.6) is 0 Å². The molecule has 0 saturated carbocycles. The van der Waals surface area contributed by atoms with E-state index in [0.717, 1.165) is 10.4 Å². The van der Waals surface area contributed by atoms with Crippen molar-refractivity contribution in [2.45, 2.75) is 45.6 Å². The summed E-state index contributed by atoms with van der Waals surface area (Å²) in [4.78, 5) is 2.53. The number of nitrogens with two attached hydrogens (primary N) is 1. The fourth-order valence-corrected chi connectivity index (χ4v) is 3.55. The third-order valence-corrected chi connectivity index (χ3v) is 4.90. The average Bonchev–Trinajstić information content (AvgIpc) is 2.65. The second-order valence-corrected chi connectivity index (χ2v) is 6.41. The molecule has 0 aromatic heterocycles. The topological polar surface area (TPSA) is 29.3 Å². The van der Waals surface area contributed by atoms with Crippen molar-refractivity contribution < 1.29 is 0 Å². The molecule has 106 valence electrons. The third kappa shape index (κ3) is 3.96. The largest absolute Gasteiger partial charge is 0.371 e. The molecule has 1 aromatic carbocycles. The van der Waals surface area contributed by atoms with Crippen LogP contribution in [-0.2, 0) is 6.54 Å². The molecule has 0 spiro atoms. The number of hydrogen-bond donors (Lipinski definition) is 1. The summed E-state index contributed by atoms with van der Waals surface area (Å²) in [5, 5.41) is 0. The Morgan fingerprint density at radius 2 is 2.16 bits per heavy atom. The van der Waals surface area contributed by atoms with E-state index >= 15 is 0 Å². The van der Waals surface area contributed by atoms with Crippen LogP contribution in [0.2, 0.25) is 0 Å². The summed E-state index contributed by atoms with van der Waals surface area (Å²) >= 11 is 3.62. The minimum atomic E-state index is 0.597. The highest BCUT2D eigenvalue weighted by Crippen LogP contribution is 2.28. The Labute approximate surface area is 125 Å². The van der Waals surface area contributed by atoms with Gasteiger partial charge in [-0.1, -0.05) is 41.8 Å². The zero-order valence-electron chi connectivity index (χ0n) is 11.9. The Balaban J connectivity index is 2.03. The Morgan fingerprint density at radius 1 is 1.32 bits per heavy atom. The highest BCUT2D eigenvalue weighted by atomic mass is 79.9. The second kappa shape index (κ2) is 7.30. The van der Waals surface area contributed by atoms with E-state index in [-0.39, 0.29) is 0 Å². The van der Waals surface area contributed by atoms with Crippen molar-refractivity contribution in [3.8, 4) is 0 Å². The fourth-order valence-electron chi connectivity index (χ4n) is 3.02. The minimum absolute atomic E-state index is 0.597. The van der Waals surface area contributed by atoms with Gasteiger partial charge in [0.2, 0.25) is 0 Å². The summed E-state index contributed by atoms with van der Waals surface area (Å²) in [6.07, 6.45) is 6.77. The summed E-state index contributed by atoms with van der Waals surface area (Å²) in [5.41, 5.74) is 8.23. The maximum atomic E-state index is 5.71. The lowest BCUT2D eigenvalue weighted by Gasteiger charge is -2.23. The van der Waals surface area contributed by atoms with Crippen LogP contribution in [0.25, 0.3) is 0 Å². The van der Waals surface area contributed by atoms with Crippen molar-refractivity contribution in [1.29, 1.82) is 0 Å². The standard InChI is InChI=1S/C16H25BrN2/c1-2-4-13-5-3-9-19(10-8-13)15-7-6-14(12-18)16(17)11-15/h6-7,11,13H,2-5,8-10,12,18H2,1H3. The Hall–Kier alpha value is -0.540. The van der Waals surface area contributed by atoms with E-state index in [1.807, 2.05) is 0 Å². The molecular formula is C16H25BrN2. The first kappa shape index (κ1) is 14.9. The second-order valence-electron chi connectivity index (χ2n) is 5.55. The molecule has 19 heavy (non-hydrogen) atoms. The highest BCUT2D eigenvalue weighted by molar-refractivity contribution is 9.10. The Kier molecular flexibility index (Phi) is 5.71. The van der Waals surface area contributed by atoms with Crippen LogP contribution >= 0.6 is 15.9 Å². The number of halogens is 1. The van der Waals surface area contributed by atoms with Crippen LogP contribution in [0, 0.1) is 5.92 Å². The molecule has 1 aliphatic heterocycles. The van der Waals surface area contributed by atoms with Gasteiger partial charge in [-0.3, -0.25) is 0 Å².